The number of hydrogen-bond acceptors (Lipinski definition) is 4. The fourth-order valence-electron chi connectivity index (χ4n) is 2.77. The molecule has 1 aromatic carbocycles. The number of alkyl halides is 2. The molecule has 0 saturated heterocycles. The number of aromatic nitrogens is 1. The highest BCUT2D eigenvalue weighted by molar-refractivity contribution is 5.76. The van der Waals surface area contributed by atoms with E-state index in [9.17, 15) is 8.78 Å². The number of nitrogens with zero attached hydrogens (tertiary/aromatic N) is 2. The molecule has 4 rings (SSSR count). The molecule has 2 aliphatic rings. The molecule has 0 atom stereocenters. The molecule has 4 nitrogen and oxygen atoms in total. The first-order valence-corrected chi connectivity index (χ1v) is 6.63. The molecule has 2 aromatic rings. The van der Waals surface area contributed by atoms with Gasteiger partial charge in [-0.2, -0.15) is 0 Å². The van der Waals surface area contributed by atoms with E-state index >= 15 is 0 Å². The zero-order valence-corrected chi connectivity index (χ0v) is 11.3. The van der Waals surface area contributed by atoms with Gasteiger partial charge in [-0.25, -0.2) is 4.98 Å². The van der Waals surface area contributed by atoms with Gasteiger partial charge in [0.1, 0.15) is 5.82 Å². The summed E-state index contributed by atoms with van der Waals surface area (Å²) in [5.74, 6) is 1.06. The van der Waals surface area contributed by atoms with Gasteiger partial charge in [0.2, 0.25) is 0 Å². The molecule has 0 bridgehead atoms. The second-order valence-electron chi connectivity index (χ2n) is 5.18. The van der Waals surface area contributed by atoms with Crippen molar-refractivity contribution in [3.63, 3.8) is 0 Å². The molecule has 21 heavy (non-hydrogen) atoms. The SMILES string of the molecule is CN1CCc2cc(-c3cccc4c3OC(F)(F)O4)cnc21. The van der Waals surface area contributed by atoms with E-state index in [2.05, 4.69) is 19.4 Å². The Hall–Kier alpha value is -2.37. The molecular formula is C15H12F2N2O2. The predicted octanol–water partition coefficient (Wildman–Crippen LogP) is 3.06. The third-order valence-corrected chi connectivity index (χ3v) is 3.76. The molecule has 6 heteroatoms. The number of hydrogen-bond donors (Lipinski definition) is 0. The van der Waals surface area contributed by atoms with Crippen LogP contribution < -0.4 is 14.4 Å². The number of anilines is 1. The lowest BCUT2D eigenvalue weighted by atomic mass is 10.0. The normalized spacial score (nSPS) is 18.0. The van der Waals surface area contributed by atoms with Gasteiger partial charge in [0, 0.05) is 30.9 Å². The summed E-state index contributed by atoms with van der Waals surface area (Å²) in [4.78, 5) is 6.49. The van der Waals surface area contributed by atoms with Gasteiger partial charge in [0.05, 0.1) is 0 Å². The van der Waals surface area contributed by atoms with Gasteiger partial charge >= 0.3 is 6.29 Å². The van der Waals surface area contributed by atoms with Crippen LogP contribution in [0.2, 0.25) is 0 Å². The van der Waals surface area contributed by atoms with Crippen LogP contribution in [0.5, 0.6) is 11.5 Å². The number of para-hydroxylation sites is 1. The first-order valence-electron chi connectivity index (χ1n) is 6.63. The summed E-state index contributed by atoms with van der Waals surface area (Å²) in [6.45, 7) is 0.913. The summed E-state index contributed by atoms with van der Waals surface area (Å²) in [6.07, 6.45) is -1.03. The van der Waals surface area contributed by atoms with Crippen LogP contribution in [0.1, 0.15) is 5.56 Å². The number of ether oxygens (including phenoxy) is 2. The van der Waals surface area contributed by atoms with E-state index in [-0.39, 0.29) is 11.5 Å². The molecule has 0 saturated carbocycles. The monoisotopic (exact) mass is 290 g/mol. The van der Waals surface area contributed by atoms with Gasteiger partial charge in [0.15, 0.2) is 11.5 Å². The highest BCUT2D eigenvalue weighted by atomic mass is 19.3. The second kappa shape index (κ2) is 4.07. The van der Waals surface area contributed by atoms with E-state index in [4.69, 9.17) is 0 Å². The van der Waals surface area contributed by atoms with Gasteiger partial charge in [-0.05, 0) is 24.1 Å². The van der Waals surface area contributed by atoms with Gasteiger partial charge < -0.3 is 14.4 Å². The van der Waals surface area contributed by atoms with Crippen LogP contribution in [-0.2, 0) is 6.42 Å². The van der Waals surface area contributed by atoms with Crippen LogP contribution in [0.15, 0.2) is 30.5 Å². The van der Waals surface area contributed by atoms with Gasteiger partial charge in [-0.3, -0.25) is 0 Å². The maximum atomic E-state index is 13.2. The molecule has 0 radical (unpaired) electrons. The molecule has 0 amide bonds. The van der Waals surface area contributed by atoms with Gasteiger partial charge in [0.25, 0.3) is 0 Å². The van der Waals surface area contributed by atoms with Crippen molar-refractivity contribution in [1.29, 1.82) is 0 Å². The van der Waals surface area contributed by atoms with Gasteiger partial charge in [-0.1, -0.05) is 12.1 Å². The van der Waals surface area contributed by atoms with Crippen molar-refractivity contribution in [3.8, 4) is 22.6 Å². The van der Waals surface area contributed by atoms with Crippen LogP contribution in [0.4, 0.5) is 14.6 Å². The summed E-state index contributed by atoms with van der Waals surface area (Å²) >= 11 is 0. The number of benzene rings is 1. The Labute approximate surface area is 119 Å². The van der Waals surface area contributed by atoms with Gasteiger partial charge in [-0.15, -0.1) is 8.78 Å². The lowest BCUT2D eigenvalue weighted by Crippen LogP contribution is -2.26. The minimum absolute atomic E-state index is 0.0510. The second-order valence-corrected chi connectivity index (χ2v) is 5.18. The summed E-state index contributed by atoms with van der Waals surface area (Å²) < 4.78 is 35.6. The number of rotatable bonds is 1. The summed E-state index contributed by atoms with van der Waals surface area (Å²) in [5.41, 5.74) is 2.43. The van der Waals surface area contributed by atoms with Crippen LogP contribution in [0.25, 0.3) is 11.1 Å². The zero-order chi connectivity index (χ0) is 14.6. The summed E-state index contributed by atoms with van der Waals surface area (Å²) in [5, 5.41) is 0. The van der Waals surface area contributed by atoms with E-state index in [1.54, 1.807) is 18.3 Å². The fourth-order valence-corrected chi connectivity index (χ4v) is 2.77. The van der Waals surface area contributed by atoms with Crippen LogP contribution in [0, 0.1) is 0 Å². The molecule has 108 valence electrons. The van der Waals surface area contributed by atoms with E-state index in [1.165, 1.54) is 6.07 Å². The van der Waals surface area contributed by atoms with Crippen LogP contribution >= 0.6 is 0 Å². The van der Waals surface area contributed by atoms with E-state index in [0.29, 0.717) is 5.56 Å². The van der Waals surface area contributed by atoms with Crippen molar-refractivity contribution in [2.45, 2.75) is 12.7 Å². The Morgan fingerprint density at radius 2 is 2.14 bits per heavy atom. The molecule has 2 aliphatic heterocycles. The molecule has 0 N–H and O–H groups in total. The van der Waals surface area contributed by atoms with Crippen molar-refractivity contribution >= 4 is 5.82 Å². The topological polar surface area (TPSA) is 34.6 Å². The van der Waals surface area contributed by atoms with Crippen molar-refractivity contribution in [2.75, 3.05) is 18.5 Å². The number of pyridine rings is 1. The van der Waals surface area contributed by atoms with E-state index < -0.39 is 6.29 Å². The minimum atomic E-state index is -3.61. The Balaban J connectivity index is 1.81. The fraction of sp³-hybridized carbons (Fsp3) is 0.267. The largest absolute Gasteiger partial charge is 0.586 e. The van der Waals surface area contributed by atoms with Crippen LogP contribution in [0.3, 0.4) is 0 Å². The average molecular weight is 290 g/mol. The Morgan fingerprint density at radius 3 is 3.00 bits per heavy atom. The van der Waals surface area contributed by atoms with Crippen molar-refractivity contribution < 1.29 is 18.3 Å². The maximum absolute atomic E-state index is 13.2. The zero-order valence-electron chi connectivity index (χ0n) is 11.3. The smallest absolute Gasteiger partial charge is 0.395 e. The molecule has 0 fully saturated rings. The molecule has 1 aromatic heterocycles. The number of likely N-dealkylation sites (N-methyl/N-ethyl adjacent to an activating group) is 1. The van der Waals surface area contributed by atoms with Crippen molar-refractivity contribution in [2.24, 2.45) is 0 Å². The summed E-state index contributed by atoms with van der Waals surface area (Å²) in [6, 6.07) is 6.83. The maximum Gasteiger partial charge on any atom is 0.586 e. The molecule has 0 aliphatic carbocycles. The van der Waals surface area contributed by atoms with E-state index in [1.807, 2.05) is 13.1 Å². The average Bonchev–Trinajstić information content (AvgIpc) is 2.96. The molecule has 0 unspecified atom stereocenters. The number of fused-ring (bicyclic) bond motifs is 2. The third kappa shape index (κ3) is 1.90. The summed E-state index contributed by atoms with van der Waals surface area (Å²) in [7, 11) is 1.98. The number of halogens is 2. The van der Waals surface area contributed by atoms with Crippen LogP contribution in [-0.4, -0.2) is 24.9 Å². The quantitative estimate of drug-likeness (QED) is 0.808. The molecule has 3 heterocycles. The minimum Gasteiger partial charge on any atom is -0.395 e. The highest BCUT2D eigenvalue weighted by Gasteiger charge is 2.44. The molecule has 0 spiro atoms. The Morgan fingerprint density at radius 1 is 1.29 bits per heavy atom. The Kier molecular flexibility index (Phi) is 2.40. The highest BCUT2D eigenvalue weighted by Crippen LogP contribution is 2.47. The lowest BCUT2D eigenvalue weighted by Gasteiger charge is -2.11. The third-order valence-electron chi connectivity index (χ3n) is 3.76. The Bertz CT molecular complexity index is 734. The van der Waals surface area contributed by atoms with Crippen molar-refractivity contribution in [3.05, 3.63) is 36.0 Å². The standard InChI is InChI=1S/C15H12F2N2O2/c1-19-6-5-9-7-10(8-18-14(9)19)11-3-2-4-12-13(11)21-15(16,17)20-12/h2-4,7-8H,5-6H2,1H3. The van der Waals surface area contributed by atoms with E-state index in [0.717, 1.165) is 29.9 Å². The lowest BCUT2D eigenvalue weighted by molar-refractivity contribution is -0.286. The predicted molar refractivity (Wildman–Crippen MR) is 72.9 cm³/mol. The first kappa shape index (κ1) is 12.4. The first-order chi connectivity index (χ1) is 10.0. The van der Waals surface area contributed by atoms with Crippen molar-refractivity contribution in [1.82, 2.24) is 4.98 Å². The molecular weight excluding hydrogens is 278 g/mol.